The molecule has 0 spiro atoms. The van der Waals surface area contributed by atoms with Gasteiger partial charge in [-0.2, -0.15) is 0 Å². The Morgan fingerprint density at radius 1 is 0.287 bits per heavy atom. The number of carbonyl (C=O) groups excluding carboxylic acids is 12. The third-order valence-electron chi connectivity index (χ3n) is 20.9. The first-order valence-electron chi connectivity index (χ1n) is 45.4. The van der Waals surface area contributed by atoms with Gasteiger partial charge in [0.05, 0.1) is 36.4 Å². The van der Waals surface area contributed by atoms with Crippen LogP contribution in [0.1, 0.15) is 252 Å². The zero-order valence-electron chi connectivity index (χ0n) is 80.2. The van der Waals surface area contributed by atoms with Crippen molar-refractivity contribution in [3.63, 3.8) is 0 Å². The van der Waals surface area contributed by atoms with Gasteiger partial charge in [-0.25, -0.2) is 15.0 Å². The van der Waals surface area contributed by atoms with Crippen LogP contribution >= 0.6 is 0 Å². The molecule has 6 aromatic rings. The van der Waals surface area contributed by atoms with Crippen molar-refractivity contribution < 1.29 is 72.9 Å². The quantitative estimate of drug-likeness (QED) is 0.0160. The van der Waals surface area contributed by atoms with Crippen LogP contribution in [0.15, 0.2) is 146 Å². The van der Waals surface area contributed by atoms with Crippen LogP contribution in [0, 0.1) is 17.8 Å². The van der Waals surface area contributed by atoms with Crippen LogP contribution in [0.2, 0.25) is 0 Å². The summed E-state index contributed by atoms with van der Waals surface area (Å²) in [5, 5.41) is 47.6. The Hall–Kier alpha value is -11.3. The van der Waals surface area contributed by atoms with Crippen molar-refractivity contribution in [2.45, 2.75) is 198 Å². The van der Waals surface area contributed by atoms with Gasteiger partial charge in [0.2, 0.25) is 17.7 Å². The molecule has 0 bridgehead atoms. The number of likely N-dealkylation sites (N-methyl/N-ethyl adjacent to an activating group) is 2. The highest BCUT2D eigenvalue weighted by Gasteiger charge is 2.33. The van der Waals surface area contributed by atoms with E-state index in [9.17, 15) is 72.9 Å². The van der Waals surface area contributed by atoms with Crippen molar-refractivity contribution in [3.8, 4) is 0 Å². The molecule has 9 N–H and O–H groups in total. The average molecular weight is 1790 g/mol. The molecule has 12 amide bonds. The van der Waals surface area contributed by atoms with Crippen LogP contribution in [-0.4, -0.2) is 288 Å². The number of aliphatic hydroxyl groups excluding tert-OH is 3. The highest BCUT2D eigenvalue weighted by Crippen LogP contribution is 2.23. The number of nitrogens with zero attached hydrogens (tertiary/aromatic N) is 9. The average Bonchev–Trinajstić information content (AvgIpc) is 0.816. The van der Waals surface area contributed by atoms with Crippen LogP contribution in [-0.2, 0) is 33.6 Å². The van der Waals surface area contributed by atoms with Gasteiger partial charge >= 0.3 is 0 Å². The summed E-state index contributed by atoms with van der Waals surface area (Å²) in [5.41, 5.74) is 13.0. The minimum Gasteiger partial charge on any atom is -0.390 e. The number of aliphatic hydroxyl groups is 3. The molecule has 0 aliphatic carbocycles. The molecule has 0 aromatic heterocycles. The van der Waals surface area contributed by atoms with Crippen LogP contribution in [0.25, 0.3) is 0 Å². The third-order valence-corrected chi connectivity index (χ3v) is 20.9. The molecule has 6 unspecified atom stereocenters. The van der Waals surface area contributed by atoms with E-state index in [-0.39, 0.29) is 141 Å². The fraction of sp³-hybridized carbons (Fsp3) is 0.515. The second kappa shape index (κ2) is 56.9. The zero-order chi connectivity index (χ0) is 96.3. The summed E-state index contributed by atoms with van der Waals surface area (Å²) in [4.78, 5) is 167. The number of amides is 12. The van der Waals surface area contributed by atoms with Gasteiger partial charge in [0.15, 0.2) is 0 Å². The van der Waals surface area contributed by atoms with E-state index in [4.69, 9.17) is 0 Å². The Kier molecular flexibility index (Phi) is 48.6. The second-order valence-electron chi connectivity index (χ2n) is 34.1. The van der Waals surface area contributed by atoms with E-state index in [0.29, 0.717) is 71.6 Å². The molecule has 0 radical (unpaired) electrons. The molecule has 0 aliphatic heterocycles. The summed E-state index contributed by atoms with van der Waals surface area (Å²) in [6.45, 7) is 31.1. The minimum atomic E-state index is -1.05. The van der Waals surface area contributed by atoms with Crippen LogP contribution in [0.5, 0.6) is 0 Å². The van der Waals surface area contributed by atoms with E-state index in [0.717, 1.165) is 61.6 Å². The number of hydrogen-bond acceptors (Lipinski definition) is 18. The van der Waals surface area contributed by atoms with Gasteiger partial charge in [-0.3, -0.25) is 73.8 Å². The lowest BCUT2D eigenvalue weighted by molar-refractivity contribution is -0.130. The Bertz CT molecular complexity index is 4530. The molecule has 129 heavy (non-hydrogen) atoms. The van der Waals surface area contributed by atoms with Crippen LogP contribution in [0.3, 0.4) is 0 Å². The molecule has 0 aliphatic rings. The maximum Gasteiger partial charge on any atom is 0.253 e. The van der Waals surface area contributed by atoms with Crippen molar-refractivity contribution in [2.24, 2.45) is 17.8 Å². The summed E-state index contributed by atoms with van der Waals surface area (Å²) >= 11 is 0. The third kappa shape index (κ3) is 37.0. The predicted octanol–water partition coefficient (Wildman–Crippen LogP) is 10.1. The van der Waals surface area contributed by atoms with Gasteiger partial charge in [-0.05, 0) is 135 Å². The number of nitrogens with one attached hydrogen (secondary N) is 6. The van der Waals surface area contributed by atoms with Gasteiger partial charge in [0, 0.05) is 189 Å². The molecule has 30 heteroatoms. The Morgan fingerprint density at radius 3 is 0.752 bits per heavy atom. The summed E-state index contributed by atoms with van der Waals surface area (Å²) in [5.74, 6) is -4.50. The largest absolute Gasteiger partial charge is 0.390 e. The molecule has 6 rings (SSSR count). The Morgan fingerprint density at radius 2 is 0.512 bits per heavy atom. The molecule has 0 saturated carbocycles. The van der Waals surface area contributed by atoms with Gasteiger partial charge in [0.25, 0.3) is 53.2 Å². The van der Waals surface area contributed by atoms with Crippen molar-refractivity contribution in [1.29, 1.82) is 0 Å². The molecule has 0 saturated heterocycles. The topological polar surface area (TPSA) is 367 Å². The lowest BCUT2D eigenvalue weighted by Gasteiger charge is -2.31. The van der Waals surface area contributed by atoms with E-state index in [1.165, 1.54) is 74.3 Å². The van der Waals surface area contributed by atoms with E-state index in [1.807, 2.05) is 146 Å². The number of hydrazine groups is 3. The molecule has 708 valence electrons. The highest BCUT2D eigenvalue weighted by atomic mass is 16.3. The van der Waals surface area contributed by atoms with E-state index in [2.05, 4.69) is 32.2 Å². The molecule has 0 fully saturated rings. The fourth-order valence-electron chi connectivity index (χ4n) is 13.9. The van der Waals surface area contributed by atoms with Gasteiger partial charge < -0.3 is 60.7 Å². The number of rotatable bonds is 48. The van der Waals surface area contributed by atoms with E-state index >= 15 is 0 Å². The Balaban J connectivity index is 0.000000405. The second-order valence-corrected chi connectivity index (χ2v) is 34.1. The molecule has 6 aromatic carbocycles. The van der Waals surface area contributed by atoms with Gasteiger partial charge in [-0.15, -0.1) is 0 Å². The van der Waals surface area contributed by atoms with Crippen molar-refractivity contribution in [3.05, 3.63) is 212 Å². The summed E-state index contributed by atoms with van der Waals surface area (Å²) in [6.07, 6.45) is 3.25. The first kappa shape index (κ1) is 110. The number of carbonyl (C=O) groups is 12. The first-order chi connectivity index (χ1) is 61.2. The molecular formula is C99H147N15O15. The SMILES string of the molecule is CCCN(CC(O)C(Cc1ccccc1)NC(=O)c1cc(C(=O)N(C)C)cc(C(=O)N(CCC)CCC)c1)NC(=O)C(C)C.CCCN(CCC)C(=O)c1cc(C(=O)NC(Cc2ccccc2)C(O)CN(C)NC(=O)C(C)C)cc(C(=O)N(C)C)c1.CCCN(CCC)C(=O)c1cc(C(=O)NC(Cc2ccccc2)C(O)CN(CC)NC(=O)C(C)C)cc(C(=O)N(C)C)c1. The maximum atomic E-state index is 13.8. The standard InChI is InChI=1S/C34H51N5O5.C33H49N5O5.C32H47N5O5/c1-8-16-38(17-9-2)34(44)28-21-26(20-27(22-28)33(43)37(6)7)32(42)35-29(19-25-14-12-11-13-15-25)30(40)23-39(18-10-3)36-31(41)24(4)5;1-8-16-37(17-9-2)33(43)27-20-25(19-26(21-27)32(42)36(6)7)31(41)34-28(18-24-14-12-11-13-15-24)29(39)22-38(10-3)35-30(40)23(4)5;1-8-15-37(16-9-2)32(42)26-19-24(18-25(20-26)31(41)35(5)6)30(40)33-27(17-23-13-11-10-12-14-23)28(38)21-36(7)34-29(39)22(3)4/h11-15,20-22,24,29-30,40H,8-10,16-19,23H2,1-7H3,(H,35,42)(H,36,41);11-15,19-21,23,28-29,39H,8-10,16-18,22H2,1-7H3,(H,34,41)(H,35,40);10-14,18-20,22,27-28,38H,8-9,15-17,21H2,1-7H3,(H,33,40)(H,34,39). The highest BCUT2D eigenvalue weighted by molar-refractivity contribution is 6.07. The summed E-state index contributed by atoms with van der Waals surface area (Å²) in [6, 6.07) is 39.8. The van der Waals surface area contributed by atoms with Crippen molar-refractivity contribution in [2.75, 3.05) is 121 Å². The molecule has 30 nitrogen and oxygen atoms in total. The molecule has 0 heterocycles. The maximum absolute atomic E-state index is 13.8. The molecule has 6 atom stereocenters. The fourth-order valence-corrected chi connectivity index (χ4v) is 13.9. The zero-order valence-corrected chi connectivity index (χ0v) is 80.2. The monoisotopic (exact) mass is 1790 g/mol. The minimum absolute atomic E-state index is 0.0577. The van der Waals surface area contributed by atoms with Crippen molar-refractivity contribution in [1.82, 2.24) is 76.7 Å². The summed E-state index contributed by atoms with van der Waals surface area (Å²) in [7, 11) is 11.3. The smallest absolute Gasteiger partial charge is 0.253 e. The van der Waals surface area contributed by atoms with Crippen LogP contribution < -0.4 is 32.2 Å². The van der Waals surface area contributed by atoms with E-state index < -0.39 is 54.2 Å². The summed E-state index contributed by atoms with van der Waals surface area (Å²) < 4.78 is 0. The Labute approximate surface area is 765 Å². The predicted molar refractivity (Wildman–Crippen MR) is 506 cm³/mol. The van der Waals surface area contributed by atoms with Gasteiger partial charge in [0.1, 0.15) is 0 Å². The number of benzene rings is 6. The lowest BCUT2D eigenvalue weighted by Crippen LogP contribution is -2.54. The number of hydrogen-bond donors (Lipinski definition) is 9. The lowest BCUT2D eigenvalue weighted by atomic mass is 9.99. The normalized spacial score (nSPS) is 12.5. The van der Waals surface area contributed by atoms with Crippen LogP contribution in [0.4, 0.5) is 0 Å². The van der Waals surface area contributed by atoms with Crippen molar-refractivity contribution >= 4 is 70.9 Å². The van der Waals surface area contributed by atoms with E-state index in [1.54, 1.807) is 116 Å². The molecular weight excluding hydrogens is 1640 g/mol. The first-order valence-corrected chi connectivity index (χ1v) is 45.4. The van der Waals surface area contributed by atoms with Gasteiger partial charge in [-0.1, -0.05) is 188 Å².